The Morgan fingerprint density at radius 2 is 2.00 bits per heavy atom. The minimum absolute atomic E-state index is 0.0766. The van der Waals surface area contributed by atoms with E-state index in [1.54, 1.807) is 35.5 Å². The summed E-state index contributed by atoms with van der Waals surface area (Å²) < 4.78 is 5.77. The fourth-order valence-corrected chi connectivity index (χ4v) is 6.12. The summed E-state index contributed by atoms with van der Waals surface area (Å²) in [5.41, 5.74) is 8.14. The maximum atomic E-state index is 13.3. The Labute approximate surface area is 206 Å². The third-order valence-corrected chi connectivity index (χ3v) is 7.82. The zero-order chi connectivity index (χ0) is 23.9. The molecule has 3 aliphatic rings. The van der Waals surface area contributed by atoms with Crippen LogP contribution in [0.15, 0.2) is 66.0 Å². The van der Waals surface area contributed by atoms with E-state index in [1.807, 2.05) is 30.3 Å². The maximum Gasteiger partial charge on any atom is 0.327 e. The number of amides is 3. The van der Waals surface area contributed by atoms with Crippen molar-refractivity contribution in [3.05, 3.63) is 66.5 Å². The SMILES string of the molecule is NC1CCC(NC(=O)[C@@H]2Sc3nccc4c3[C@H]2NC(=O)N4c2ccc(Oc3ccccc3)nc2)C1. The molecule has 178 valence electrons. The van der Waals surface area contributed by atoms with Gasteiger partial charge in [0.15, 0.2) is 0 Å². The third kappa shape index (κ3) is 4.08. The Morgan fingerprint density at radius 1 is 1.14 bits per heavy atom. The highest BCUT2D eigenvalue weighted by molar-refractivity contribution is 8.01. The van der Waals surface area contributed by atoms with Gasteiger partial charge >= 0.3 is 6.03 Å². The molecular formula is C25H24N6O3S. The topological polar surface area (TPSA) is 122 Å². The molecule has 1 aliphatic carbocycles. The summed E-state index contributed by atoms with van der Waals surface area (Å²) in [6.07, 6.45) is 5.83. The van der Waals surface area contributed by atoms with Crippen LogP contribution in [0.2, 0.25) is 0 Å². The fraction of sp³-hybridized carbons (Fsp3) is 0.280. The Hall–Kier alpha value is -3.63. The number of hydrogen-bond acceptors (Lipinski definition) is 7. The van der Waals surface area contributed by atoms with Gasteiger partial charge in [0.25, 0.3) is 0 Å². The molecular weight excluding hydrogens is 464 g/mol. The zero-order valence-electron chi connectivity index (χ0n) is 18.8. The molecule has 4 N–H and O–H groups in total. The van der Waals surface area contributed by atoms with Crippen molar-refractivity contribution in [3.8, 4) is 11.6 Å². The number of carbonyl (C=O) groups is 2. The molecule has 3 amide bonds. The lowest BCUT2D eigenvalue weighted by Gasteiger charge is -2.34. The maximum absolute atomic E-state index is 13.3. The molecule has 0 radical (unpaired) electrons. The van der Waals surface area contributed by atoms with Crippen molar-refractivity contribution in [1.82, 2.24) is 20.6 Å². The normalized spacial score (nSPS) is 24.6. The quantitative estimate of drug-likeness (QED) is 0.501. The van der Waals surface area contributed by atoms with Gasteiger partial charge in [0, 0.05) is 29.9 Å². The van der Waals surface area contributed by atoms with Crippen molar-refractivity contribution in [2.75, 3.05) is 4.90 Å². The second kappa shape index (κ2) is 8.86. The van der Waals surface area contributed by atoms with E-state index in [-0.39, 0.29) is 24.0 Å². The molecule has 2 unspecified atom stereocenters. The van der Waals surface area contributed by atoms with Crippen molar-refractivity contribution >= 4 is 35.1 Å². The Bertz CT molecular complexity index is 1270. The zero-order valence-corrected chi connectivity index (χ0v) is 19.6. The molecule has 10 heteroatoms. The summed E-state index contributed by atoms with van der Waals surface area (Å²) in [6, 6.07) is 14.1. The van der Waals surface area contributed by atoms with Crippen molar-refractivity contribution in [1.29, 1.82) is 0 Å². The fourth-order valence-electron chi connectivity index (χ4n) is 4.89. The summed E-state index contributed by atoms with van der Waals surface area (Å²) in [7, 11) is 0. The number of nitrogens with one attached hydrogen (secondary N) is 2. The highest BCUT2D eigenvalue weighted by atomic mass is 32.2. The van der Waals surface area contributed by atoms with Gasteiger partial charge in [-0.25, -0.2) is 14.8 Å². The average Bonchev–Trinajstić information content (AvgIpc) is 3.44. The number of para-hydroxylation sites is 1. The predicted molar refractivity (Wildman–Crippen MR) is 132 cm³/mol. The molecule has 35 heavy (non-hydrogen) atoms. The van der Waals surface area contributed by atoms with E-state index in [0.717, 1.165) is 29.9 Å². The van der Waals surface area contributed by atoms with Gasteiger partial charge < -0.3 is 21.1 Å². The van der Waals surface area contributed by atoms with E-state index >= 15 is 0 Å². The second-order valence-corrected chi connectivity index (χ2v) is 10.0. The lowest BCUT2D eigenvalue weighted by Crippen LogP contribution is -2.50. The van der Waals surface area contributed by atoms with Crippen LogP contribution >= 0.6 is 11.8 Å². The minimum atomic E-state index is -0.485. The summed E-state index contributed by atoms with van der Waals surface area (Å²) in [6.45, 7) is 0. The van der Waals surface area contributed by atoms with Gasteiger partial charge in [-0.15, -0.1) is 0 Å². The van der Waals surface area contributed by atoms with Crippen LogP contribution in [0.1, 0.15) is 30.9 Å². The molecule has 2 aliphatic heterocycles. The van der Waals surface area contributed by atoms with Crippen LogP contribution in [0.4, 0.5) is 16.2 Å². The number of nitrogens with zero attached hydrogens (tertiary/aromatic N) is 3. The molecule has 4 atom stereocenters. The highest BCUT2D eigenvalue weighted by Gasteiger charge is 2.47. The average molecular weight is 489 g/mol. The number of nitrogens with two attached hydrogens (primary N) is 1. The molecule has 0 spiro atoms. The Kier molecular flexibility index (Phi) is 5.54. The molecule has 0 bridgehead atoms. The molecule has 1 saturated carbocycles. The largest absolute Gasteiger partial charge is 0.439 e. The van der Waals surface area contributed by atoms with E-state index in [1.165, 1.54) is 11.8 Å². The van der Waals surface area contributed by atoms with E-state index in [2.05, 4.69) is 20.6 Å². The number of aromatic nitrogens is 2. The van der Waals surface area contributed by atoms with Crippen LogP contribution in [0.3, 0.4) is 0 Å². The molecule has 1 fully saturated rings. The molecule has 1 aromatic carbocycles. The Morgan fingerprint density at radius 3 is 2.74 bits per heavy atom. The van der Waals surface area contributed by atoms with Crippen LogP contribution in [0.25, 0.3) is 0 Å². The van der Waals surface area contributed by atoms with Gasteiger partial charge in [0.1, 0.15) is 16.0 Å². The van der Waals surface area contributed by atoms with Crippen molar-refractivity contribution in [3.63, 3.8) is 0 Å². The third-order valence-electron chi connectivity index (χ3n) is 6.53. The smallest absolute Gasteiger partial charge is 0.327 e. The van der Waals surface area contributed by atoms with Crippen LogP contribution in [-0.2, 0) is 4.79 Å². The van der Waals surface area contributed by atoms with Crippen LogP contribution in [0, 0.1) is 0 Å². The number of hydrogen-bond donors (Lipinski definition) is 3. The summed E-state index contributed by atoms with van der Waals surface area (Å²) in [5.74, 6) is 1.01. The first-order valence-corrected chi connectivity index (χ1v) is 12.5. The second-order valence-electron chi connectivity index (χ2n) is 8.90. The van der Waals surface area contributed by atoms with Gasteiger partial charge in [-0.1, -0.05) is 30.0 Å². The number of anilines is 2. The van der Waals surface area contributed by atoms with Crippen LogP contribution in [-0.4, -0.2) is 39.2 Å². The van der Waals surface area contributed by atoms with Gasteiger partial charge in [-0.05, 0) is 43.5 Å². The van der Waals surface area contributed by atoms with Crippen LogP contribution < -0.4 is 26.0 Å². The monoisotopic (exact) mass is 488 g/mol. The van der Waals surface area contributed by atoms with Crippen molar-refractivity contribution in [2.24, 2.45) is 5.73 Å². The van der Waals surface area contributed by atoms with Gasteiger partial charge in [0.2, 0.25) is 11.8 Å². The number of ether oxygens (including phenoxy) is 1. The van der Waals surface area contributed by atoms with Crippen LogP contribution in [0.5, 0.6) is 11.6 Å². The number of pyridine rings is 2. The summed E-state index contributed by atoms with van der Waals surface area (Å²) >= 11 is 1.39. The van der Waals surface area contributed by atoms with E-state index in [4.69, 9.17) is 10.5 Å². The molecule has 6 rings (SSSR count). The number of carbonyl (C=O) groups excluding carboxylic acids is 2. The standard InChI is InChI=1S/C25H24N6O3S/c26-14-6-7-15(12-14)29-23(32)22-21-20-18(10-11-27-24(20)35-22)31(25(33)30-21)16-8-9-19(28-13-16)34-17-4-2-1-3-5-17/h1-5,8-11,13-15,21-22H,6-7,12,26H2,(H,29,32)(H,30,33)/t14?,15?,21-,22-/m1/s1. The molecule has 2 aromatic heterocycles. The molecule has 0 saturated heterocycles. The Balaban J connectivity index is 1.24. The number of urea groups is 1. The lowest BCUT2D eigenvalue weighted by molar-refractivity contribution is -0.121. The highest BCUT2D eigenvalue weighted by Crippen LogP contribution is 2.50. The van der Waals surface area contributed by atoms with Gasteiger partial charge in [-0.2, -0.15) is 0 Å². The van der Waals surface area contributed by atoms with Gasteiger partial charge in [-0.3, -0.25) is 9.69 Å². The van der Waals surface area contributed by atoms with E-state index in [9.17, 15) is 9.59 Å². The number of benzene rings is 1. The first kappa shape index (κ1) is 21.9. The minimum Gasteiger partial charge on any atom is -0.439 e. The first-order chi connectivity index (χ1) is 17.1. The lowest BCUT2D eigenvalue weighted by atomic mass is 10.00. The summed E-state index contributed by atoms with van der Waals surface area (Å²) in [4.78, 5) is 36.8. The van der Waals surface area contributed by atoms with E-state index in [0.29, 0.717) is 23.0 Å². The summed E-state index contributed by atoms with van der Waals surface area (Å²) in [5, 5.41) is 6.41. The predicted octanol–water partition coefficient (Wildman–Crippen LogP) is 3.64. The molecule has 4 heterocycles. The van der Waals surface area contributed by atoms with E-state index < -0.39 is 11.3 Å². The van der Waals surface area contributed by atoms with Gasteiger partial charge in [0.05, 0.1) is 23.6 Å². The number of thioether (sulfide) groups is 1. The molecule has 9 nitrogen and oxygen atoms in total. The first-order valence-electron chi connectivity index (χ1n) is 11.6. The van der Waals surface area contributed by atoms with Crippen molar-refractivity contribution in [2.45, 2.75) is 47.7 Å². The number of rotatable bonds is 5. The van der Waals surface area contributed by atoms with Crippen molar-refractivity contribution < 1.29 is 14.3 Å². The molecule has 3 aromatic rings.